The summed E-state index contributed by atoms with van der Waals surface area (Å²) in [6.45, 7) is 3.64. The first-order chi connectivity index (χ1) is 11.6. The van der Waals surface area contributed by atoms with E-state index in [0.717, 1.165) is 12.0 Å². The Hall–Kier alpha value is -2.62. The molecular formula is C20H24N2O2. The number of amides is 2. The molecule has 0 aliphatic heterocycles. The van der Waals surface area contributed by atoms with Crippen LogP contribution in [0.1, 0.15) is 37.8 Å². The van der Waals surface area contributed by atoms with Gasteiger partial charge in [0.15, 0.2) is 0 Å². The first-order valence-electron chi connectivity index (χ1n) is 8.32. The van der Waals surface area contributed by atoms with Gasteiger partial charge in [-0.15, -0.1) is 0 Å². The molecule has 24 heavy (non-hydrogen) atoms. The van der Waals surface area contributed by atoms with Gasteiger partial charge in [0.2, 0.25) is 11.8 Å². The molecule has 0 aromatic heterocycles. The molecule has 0 atom stereocenters. The van der Waals surface area contributed by atoms with E-state index in [2.05, 4.69) is 29.7 Å². The molecule has 0 unspecified atom stereocenters. The van der Waals surface area contributed by atoms with Gasteiger partial charge < -0.3 is 10.6 Å². The highest BCUT2D eigenvalue weighted by atomic mass is 16.2. The summed E-state index contributed by atoms with van der Waals surface area (Å²) in [5, 5.41) is 5.56. The first-order valence-corrected chi connectivity index (χ1v) is 8.32. The van der Waals surface area contributed by atoms with Crippen molar-refractivity contribution in [2.75, 3.05) is 10.6 Å². The van der Waals surface area contributed by atoms with Crippen molar-refractivity contribution in [3.8, 4) is 0 Å². The van der Waals surface area contributed by atoms with Gasteiger partial charge in [0.25, 0.3) is 0 Å². The predicted octanol–water partition coefficient (Wildman–Crippen LogP) is 4.17. The Morgan fingerprint density at radius 1 is 0.833 bits per heavy atom. The van der Waals surface area contributed by atoms with Crippen LogP contribution in [0.5, 0.6) is 0 Å². The highest BCUT2D eigenvalue weighted by molar-refractivity contribution is 5.93. The van der Waals surface area contributed by atoms with Gasteiger partial charge in [-0.3, -0.25) is 9.59 Å². The van der Waals surface area contributed by atoms with E-state index in [1.807, 2.05) is 12.1 Å². The smallest absolute Gasteiger partial charge is 0.228 e. The zero-order valence-corrected chi connectivity index (χ0v) is 14.3. The topological polar surface area (TPSA) is 58.2 Å². The lowest BCUT2D eigenvalue weighted by Crippen LogP contribution is -2.14. The molecule has 126 valence electrons. The van der Waals surface area contributed by atoms with Crippen LogP contribution >= 0.6 is 0 Å². The molecule has 0 bridgehead atoms. The molecule has 2 amide bonds. The van der Waals surface area contributed by atoms with Crippen molar-refractivity contribution in [1.29, 1.82) is 0 Å². The number of aryl methyl sites for hydroxylation is 1. The van der Waals surface area contributed by atoms with Crippen LogP contribution in [0.15, 0.2) is 48.5 Å². The van der Waals surface area contributed by atoms with Crippen molar-refractivity contribution in [1.82, 2.24) is 0 Å². The summed E-state index contributed by atoms with van der Waals surface area (Å²) in [6.07, 6.45) is 3.81. The van der Waals surface area contributed by atoms with E-state index in [9.17, 15) is 9.59 Å². The third-order valence-electron chi connectivity index (χ3n) is 3.70. The molecule has 0 saturated carbocycles. The largest absolute Gasteiger partial charge is 0.326 e. The number of nitrogens with one attached hydrogen (secondary N) is 2. The highest BCUT2D eigenvalue weighted by Gasteiger charge is 2.05. The number of unbranched alkanes of at least 4 members (excludes halogenated alkanes) is 1. The molecule has 2 N–H and O–H groups in total. The van der Waals surface area contributed by atoms with Crippen LogP contribution in [0.2, 0.25) is 0 Å². The van der Waals surface area contributed by atoms with E-state index in [1.54, 1.807) is 24.3 Å². The van der Waals surface area contributed by atoms with Gasteiger partial charge in [0.1, 0.15) is 0 Å². The number of rotatable bonds is 7. The maximum Gasteiger partial charge on any atom is 0.228 e. The van der Waals surface area contributed by atoms with Crippen LogP contribution in [-0.4, -0.2) is 11.8 Å². The van der Waals surface area contributed by atoms with Crippen molar-refractivity contribution < 1.29 is 9.59 Å². The normalized spacial score (nSPS) is 10.2. The quantitative estimate of drug-likeness (QED) is 0.803. The fourth-order valence-electron chi connectivity index (χ4n) is 2.44. The molecule has 0 saturated heterocycles. The summed E-state index contributed by atoms with van der Waals surface area (Å²) >= 11 is 0. The van der Waals surface area contributed by atoms with E-state index < -0.39 is 0 Å². The molecule has 0 radical (unpaired) electrons. The van der Waals surface area contributed by atoms with Crippen molar-refractivity contribution in [3.05, 3.63) is 59.7 Å². The Morgan fingerprint density at radius 2 is 1.38 bits per heavy atom. The van der Waals surface area contributed by atoms with Crippen LogP contribution in [-0.2, 0) is 22.4 Å². The second-order valence-electron chi connectivity index (χ2n) is 5.90. The molecule has 0 aliphatic carbocycles. The van der Waals surface area contributed by atoms with E-state index >= 15 is 0 Å². The second-order valence-corrected chi connectivity index (χ2v) is 5.90. The Bertz CT molecular complexity index is 676. The Balaban J connectivity index is 1.87. The van der Waals surface area contributed by atoms with E-state index in [4.69, 9.17) is 0 Å². The summed E-state index contributed by atoms with van der Waals surface area (Å²) in [5.74, 6) is -0.169. The minimum absolute atomic E-state index is 0.0522. The maximum atomic E-state index is 12.1. The average molecular weight is 324 g/mol. The number of carbonyl (C=O) groups is 2. The zero-order chi connectivity index (χ0) is 17.4. The van der Waals surface area contributed by atoms with Crippen molar-refractivity contribution in [2.24, 2.45) is 0 Å². The SMILES string of the molecule is CCCCc1ccc(CC(=O)Nc2ccc(NC(C)=O)cc2)cc1. The van der Waals surface area contributed by atoms with Gasteiger partial charge in [0, 0.05) is 18.3 Å². The summed E-state index contributed by atoms with van der Waals surface area (Å²) in [5.41, 5.74) is 3.74. The predicted molar refractivity (Wildman–Crippen MR) is 98.1 cm³/mol. The monoisotopic (exact) mass is 324 g/mol. The van der Waals surface area contributed by atoms with Gasteiger partial charge in [0.05, 0.1) is 6.42 Å². The lowest BCUT2D eigenvalue weighted by molar-refractivity contribution is -0.116. The van der Waals surface area contributed by atoms with Crippen LogP contribution in [0.4, 0.5) is 11.4 Å². The van der Waals surface area contributed by atoms with Crippen molar-refractivity contribution in [2.45, 2.75) is 39.5 Å². The van der Waals surface area contributed by atoms with Gasteiger partial charge in [-0.2, -0.15) is 0 Å². The molecule has 0 aliphatic rings. The van der Waals surface area contributed by atoms with Gasteiger partial charge in [-0.1, -0.05) is 37.6 Å². The molecule has 2 aromatic rings. The fourth-order valence-corrected chi connectivity index (χ4v) is 2.44. The molecule has 0 heterocycles. The number of hydrogen-bond acceptors (Lipinski definition) is 2. The van der Waals surface area contributed by atoms with Crippen LogP contribution in [0, 0.1) is 0 Å². The Labute approximate surface area is 143 Å². The molecule has 4 nitrogen and oxygen atoms in total. The van der Waals surface area contributed by atoms with E-state index in [1.165, 1.54) is 25.3 Å². The number of hydrogen-bond donors (Lipinski definition) is 2. The maximum absolute atomic E-state index is 12.1. The summed E-state index contributed by atoms with van der Waals surface area (Å²) in [7, 11) is 0. The van der Waals surface area contributed by atoms with Crippen LogP contribution in [0.3, 0.4) is 0 Å². The van der Waals surface area contributed by atoms with Crippen LogP contribution in [0.25, 0.3) is 0 Å². The summed E-state index contributed by atoms with van der Waals surface area (Å²) < 4.78 is 0. The standard InChI is InChI=1S/C20H24N2O2/c1-3-4-5-16-6-8-17(9-7-16)14-20(24)22-19-12-10-18(11-13-19)21-15(2)23/h6-13H,3-5,14H2,1-2H3,(H,21,23)(H,22,24). The number of anilines is 2. The van der Waals surface area contributed by atoms with Crippen molar-refractivity contribution >= 4 is 23.2 Å². The lowest BCUT2D eigenvalue weighted by Gasteiger charge is -2.08. The first kappa shape index (κ1) is 17.7. The van der Waals surface area contributed by atoms with E-state index in [-0.39, 0.29) is 11.8 Å². The van der Waals surface area contributed by atoms with E-state index in [0.29, 0.717) is 17.8 Å². The fraction of sp³-hybridized carbons (Fsp3) is 0.300. The minimum Gasteiger partial charge on any atom is -0.326 e. The lowest BCUT2D eigenvalue weighted by atomic mass is 10.0. The summed E-state index contributed by atoms with van der Waals surface area (Å²) in [4.78, 5) is 23.1. The Kier molecular flexibility index (Phi) is 6.55. The molecule has 0 spiro atoms. The second kappa shape index (κ2) is 8.87. The molecule has 2 aromatic carbocycles. The molecule has 0 fully saturated rings. The zero-order valence-electron chi connectivity index (χ0n) is 14.3. The van der Waals surface area contributed by atoms with Gasteiger partial charge in [-0.25, -0.2) is 0 Å². The molecular weight excluding hydrogens is 300 g/mol. The summed E-state index contributed by atoms with van der Waals surface area (Å²) in [6, 6.07) is 15.3. The molecule has 2 rings (SSSR count). The average Bonchev–Trinajstić information content (AvgIpc) is 2.55. The van der Waals surface area contributed by atoms with Gasteiger partial charge >= 0.3 is 0 Å². The third kappa shape index (κ3) is 5.88. The van der Waals surface area contributed by atoms with Crippen LogP contribution < -0.4 is 10.6 Å². The third-order valence-corrected chi connectivity index (χ3v) is 3.70. The molecule has 4 heteroatoms. The number of carbonyl (C=O) groups excluding carboxylic acids is 2. The highest BCUT2D eigenvalue weighted by Crippen LogP contribution is 2.14. The minimum atomic E-state index is -0.117. The Morgan fingerprint density at radius 3 is 1.92 bits per heavy atom. The van der Waals surface area contributed by atoms with Gasteiger partial charge in [-0.05, 0) is 48.2 Å². The van der Waals surface area contributed by atoms with Crippen molar-refractivity contribution in [3.63, 3.8) is 0 Å². The number of benzene rings is 2.